The van der Waals surface area contributed by atoms with Gasteiger partial charge in [-0.3, -0.25) is 0 Å². The maximum absolute atomic E-state index is 9.79. The number of aliphatic hydroxyl groups is 1. The SMILES string of the molecule is CN1C2CCC1CC(O)(C#N)C2. The van der Waals surface area contributed by atoms with E-state index in [0.29, 0.717) is 24.9 Å². The van der Waals surface area contributed by atoms with Gasteiger partial charge in [-0.15, -0.1) is 0 Å². The van der Waals surface area contributed by atoms with Crippen molar-refractivity contribution in [1.82, 2.24) is 4.90 Å². The van der Waals surface area contributed by atoms with E-state index in [-0.39, 0.29) is 0 Å². The Kier molecular flexibility index (Phi) is 1.64. The Balaban J connectivity index is 2.18. The molecule has 0 spiro atoms. The minimum absolute atomic E-state index is 0.438. The smallest absolute Gasteiger partial charge is 0.154 e. The maximum Gasteiger partial charge on any atom is 0.154 e. The van der Waals surface area contributed by atoms with Crippen LogP contribution in [0, 0.1) is 11.3 Å². The predicted octanol–water partition coefficient (Wildman–Crippen LogP) is 0.498. The Morgan fingerprint density at radius 1 is 1.42 bits per heavy atom. The van der Waals surface area contributed by atoms with Gasteiger partial charge < -0.3 is 10.0 Å². The van der Waals surface area contributed by atoms with Crippen LogP contribution >= 0.6 is 0 Å². The first kappa shape index (κ1) is 8.03. The Morgan fingerprint density at radius 3 is 2.33 bits per heavy atom. The third-order valence-corrected chi connectivity index (χ3v) is 3.34. The van der Waals surface area contributed by atoms with Crippen LogP contribution in [-0.2, 0) is 0 Å². The van der Waals surface area contributed by atoms with E-state index in [1.165, 1.54) is 0 Å². The zero-order valence-electron chi connectivity index (χ0n) is 7.32. The number of hydrogen-bond donors (Lipinski definition) is 1. The Labute approximate surface area is 72.6 Å². The van der Waals surface area contributed by atoms with Gasteiger partial charge in [0, 0.05) is 24.9 Å². The molecule has 0 amide bonds. The molecule has 0 aromatic rings. The molecular weight excluding hydrogens is 152 g/mol. The quantitative estimate of drug-likeness (QED) is 0.533. The molecule has 12 heavy (non-hydrogen) atoms. The number of piperidine rings is 1. The molecule has 0 aromatic carbocycles. The summed E-state index contributed by atoms with van der Waals surface area (Å²) in [6, 6.07) is 2.91. The lowest BCUT2D eigenvalue weighted by Gasteiger charge is -2.38. The van der Waals surface area contributed by atoms with E-state index in [1.54, 1.807) is 0 Å². The van der Waals surface area contributed by atoms with E-state index in [9.17, 15) is 5.11 Å². The van der Waals surface area contributed by atoms with E-state index in [2.05, 4.69) is 11.9 Å². The van der Waals surface area contributed by atoms with Gasteiger partial charge in [0.2, 0.25) is 0 Å². The van der Waals surface area contributed by atoms with E-state index >= 15 is 0 Å². The lowest BCUT2D eigenvalue weighted by molar-refractivity contribution is -0.00173. The van der Waals surface area contributed by atoms with Gasteiger partial charge >= 0.3 is 0 Å². The summed E-state index contributed by atoms with van der Waals surface area (Å²) in [5.74, 6) is 0. The molecule has 2 atom stereocenters. The number of rotatable bonds is 0. The fourth-order valence-corrected chi connectivity index (χ4v) is 2.54. The van der Waals surface area contributed by atoms with Gasteiger partial charge in [0.1, 0.15) is 0 Å². The second-order valence-corrected chi connectivity index (χ2v) is 4.10. The van der Waals surface area contributed by atoms with Crippen LogP contribution in [0.2, 0.25) is 0 Å². The lowest BCUT2D eigenvalue weighted by atomic mass is 9.88. The van der Waals surface area contributed by atoms with Crippen molar-refractivity contribution < 1.29 is 5.11 Å². The first-order chi connectivity index (χ1) is 5.64. The van der Waals surface area contributed by atoms with Crippen molar-refractivity contribution in [3.63, 3.8) is 0 Å². The second-order valence-electron chi connectivity index (χ2n) is 4.10. The molecule has 2 fully saturated rings. The van der Waals surface area contributed by atoms with Crippen LogP contribution in [0.25, 0.3) is 0 Å². The molecule has 0 radical (unpaired) electrons. The number of fused-ring (bicyclic) bond motifs is 2. The van der Waals surface area contributed by atoms with Crippen LogP contribution in [0.15, 0.2) is 0 Å². The van der Waals surface area contributed by atoms with Crippen molar-refractivity contribution >= 4 is 0 Å². The van der Waals surface area contributed by atoms with E-state index in [1.807, 2.05) is 6.07 Å². The molecule has 3 nitrogen and oxygen atoms in total. The van der Waals surface area contributed by atoms with Gasteiger partial charge in [0.25, 0.3) is 0 Å². The summed E-state index contributed by atoms with van der Waals surface area (Å²) in [5, 5.41) is 18.6. The van der Waals surface area contributed by atoms with Crippen LogP contribution < -0.4 is 0 Å². The summed E-state index contributed by atoms with van der Waals surface area (Å²) < 4.78 is 0. The number of nitriles is 1. The van der Waals surface area contributed by atoms with Crippen molar-refractivity contribution in [3.05, 3.63) is 0 Å². The van der Waals surface area contributed by atoms with Crippen LogP contribution in [-0.4, -0.2) is 34.7 Å². The van der Waals surface area contributed by atoms with Crippen LogP contribution in [0.3, 0.4) is 0 Å². The minimum atomic E-state index is -1.03. The van der Waals surface area contributed by atoms with Crippen molar-refractivity contribution in [1.29, 1.82) is 5.26 Å². The van der Waals surface area contributed by atoms with Crippen LogP contribution in [0.1, 0.15) is 25.7 Å². The van der Waals surface area contributed by atoms with E-state index < -0.39 is 5.60 Å². The largest absolute Gasteiger partial charge is 0.375 e. The number of nitrogens with zero attached hydrogens (tertiary/aromatic N) is 2. The maximum atomic E-state index is 9.79. The van der Waals surface area contributed by atoms with E-state index in [4.69, 9.17) is 5.26 Å². The highest BCUT2D eigenvalue weighted by atomic mass is 16.3. The minimum Gasteiger partial charge on any atom is -0.375 e. The second kappa shape index (κ2) is 2.45. The summed E-state index contributed by atoms with van der Waals surface area (Å²) in [6.45, 7) is 0. The van der Waals surface area contributed by atoms with Crippen molar-refractivity contribution in [3.8, 4) is 6.07 Å². The molecule has 66 valence electrons. The average Bonchev–Trinajstić information content (AvgIpc) is 2.32. The van der Waals surface area contributed by atoms with Crippen LogP contribution in [0.4, 0.5) is 0 Å². The molecule has 2 saturated heterocycles. The van der Waals surface area contributed by atoms with E-state index in [0.717, 1.165) is 12.8 Å². The molecule has 2 aliphatic heterocycles. The fourth-order valence-electron chi connectivity index (χ4n) is 2.54. The normalized spacial score (nSPS) is 47.4. The average molecular weight is 166 g/mol. The van der Waals surface area contributed by atoms with Crippen molar-refractivity contribution in [2.75, 3.05) is 7.05 Å². The third kappa shape index (κ3) is 1.03. The van der Waals surface area contributed by atoms with Gasteiger partial charge in [-0.2, -0.15) is 5.26 Å². The van der Waals surface area contributed by atoms with Gasteiger partial charge in [0.05, 0.1) is 6.07 Å². The molecule has 2 aliphatic rings. The zero-order valence-corrected chi connectivity index (χ0v) is 7.32. The fraction of sp³-hybridized carbons (Fsp3) is 0.889. The highest BCUT2D eigenvalue weighted by Gasteiger charge is 2.46. The van der Waals surface area contributed by atoms with Crippen molar-refractivity contribution in [2.45, 2.75) is 43.4 Å². The summed E-state index contributed by atoms with van der Waals surface area (Å²) >= 11 is 0. The molecule has 0 saturated carbocycles. The van der Waals surface area contributed by atoms with Gasteiger partial charge in [-0.05, 0) is 19.9 Å². The zero-order chi connectivity index (χ0) is 8.77. The summed E-state index contributed by atoms with van der Waals surface area (Å²) in [4.78, 5) is 2.31. The Bertz CT molecular complexity index is 219. The predicted molar refractivity (Wildman–Crippen MR) is 44.4 cm³/mol. The lowest BCUT2D eigenvalue weighted by Crippen LogP contribution is -2.48. The molecule has 2 unspecified atom stereocenters. The topological polar surface area (TPSA) is 47.3 Å². The monoisotopic (exact) mass is 166 g/mol. The Hall–Kier alpha value is -0.590. The standard InChI is InChI=1S/C9H14N2O/c1-11-7-2-3-8(11)5-9(12,4-7)6-10/h7-8,12H,2-5H2,1H3. The summed E-state index contributed by atoms with van der Waals surface area (Å²) in [5.41, 5.74) is -1.03. The highest BCUT2D eigenvalue weighted by molar-refractivity contribution is 5.10. The van der Waals surface area contributed by atoms with Gasteiger partial charge in [0.15, 0.2) is 5.60 Å². The van der Waals surface area contributed by atoms with Gasteiger partial charge in [-0.25, -0.2) is 0 Å². The molecule has 2 bridgehead atoms. The van der Waals surface area contributed by atoms with Crippen LogP contribution in [0.5, 0.6) is 0 Å². The first-order valence-corrected chi connectivity index (χ1v) is 4.50. The summed E-state index contributed by atoms with van der Waals surface area (Å²) in [7, 11) is 2.10. The molecule has 2 rings (SSSR count). The Morgan fingerprint density at radius 2 is 1.92 bits per heavy atom. The molecule has 0 aromatic heterocycles. The first-order valence-electron chi connectivity index (χ1n) is 4.50. The molecule has 3 heteroatoms. The van der Waals surface area contributed by atoms with Gasteiger partial charge in [-0.1, -0.05) is 0 Å². The molecule has 0 aliphatic carbocycles. The molecule has 1 N–H and O–H groups in total. The third-order valence-electron chi connectivity index (χ3n) is 3.34. The molecule has 2 heterocycles. The summed E-state index contributed by atoms with van der Waals surface area (Å²) in [6.07, 6.45) is 3.56. The molecular formula is C9H14N2O. The number of hydrogen-bond acceptors (Lipinski definition) is 3. The highest BCUT2D eigenvalue weighted by Crippen LogP contribution is 2.39. The van der Waals surface area contributed by atoms with Crippen molar-refractivity contribution in [2.24, 2.45) is 0 Å².